The number of ether oxygens (including phenoxy) is 2. The van der Waals surface area contributed by atoms with E-state index in [1.165, 1.54) is 18.4 Å². The maximum atomic E-state index is 5.52. The van der Waals surface area contributed by atoms with Crippen molar-refractivity contribution >= 4 is 0 Å². The average Bonchev–Trinajstić information content (AvgIpc) is 2.98. The van der Waals surface area contributed by atoms with Crippen LogP contribution in [0.15, 0.2) is 18.2 Å². The van der Waals surface area contributed by atoms with Gasteiger partial charge in [0.05, 0.1) is 20.3 Å². The zero-order valence-electron chi connectivity index (χ0n) is 12.1. The summed E-state index contributed by atoms with van der Waals surface area (Å²) in [5.74, 6) is 1.82. The second kappa shape index (κ2) is 6.78. The van der Waals surface area contributed by atoms with Crippen molar-refractivity contribution in [3.8, 4) is 11.5 Å². The van der Waals surface area contributed by atoms with Crippen LogP contribution in [-0.4, -0.2) is 45.8 Å². The van der Waals surface area contributed by atoms with E-state index in [0.29, 0.717) is 6.04 Å². The van der Waals surface area contributed by atoms with Crippen molar-refractivity contribution in [2.75, 3.05) is 40.9 Å². The van der Waals surface area contributed by atoms with E-state index in [1.807, 2.05) is 19.2 Å². The molecule has 106 valence electrons. The zero-order valence-corrected chi connectivity index (χ0v) is 12.1. The Bertz CT molecular complexity index is 403. The van der Waals surface area contributed by atoms with E-state index in [1.54, 1.807) is 14.2 Å². The van der Waals surface area contributed by atoms with Crippen molar-refractivity contribution in [2.24, 2.45) is 0 Å². The molecule has 4 nitrogen and oxygen atoms in total. The Labute approximate surface area is 115 Å². The molecular weight excluding hydrogens is 240 g/mol. The fourth-order valence-electron chi connectivity index (χ4n) is 2.78. The van der Waals surface area contributed by atoms with Crippen molar-refractivity contribution in [3.63, 3.8) is 0 Å². The maximum absolute atomic E-state index is 5.52. The van der Waals surface area contributed by atoms with Gasteiger partial charge in [-0.15, -0.1) is 0 Å². The molecule has 1 aliphatic rings. The van der Waals surface area contributed by atoms with Gasteiger partial charge in [0, 0.05) is 12.1 Å². The topological polar surface area (TPSA) is 33.7 Å². The van der Waals surface area contributed by atoms with Gasteiger partial charge in [-0.2, -0.15) is 0 Å². The van der Waals surface area contributed by atoms with E-state index in [0.717, 1.165) is 31.1 Å². The maximum Gasteiger partial charge on any atom is 0.123 e. The van der Waals surface area contributed by atoms with Gasteiger partial charge in [-0.3, -0.25) is 4.90 Å². The second-order valence-electron chi connectivity index (χ2n) is 4.92. The van der Waals surface area contributed by atoms with E-state index in [2.05, 4.69) is 16.3 Å². The molecule has 1 aromatic rings. The quantitative estimate of drug-likeness (QED) is 0.853. The van der Waals surface area contributed by atoms with Crippen LogP contribution < -0.4 is 14.8 Å². The molecule has 4 heteroatoms. The monoisotopic (exact) mass is 264 g/mol. The molecule has 1 aromatic carbocycles. The molecule has 1 fully saturated rings. The van der Waals surface area contributed by atoms with Crippen LogP contribution >= 0.6 is 0 Å². The van der Waals surface area contributed by atoms with Crippen molar-refractivity contribution in [2.45, 2.75) is 18.9 Å². The lowest BCUT2D eigenvalue weighted by Gasteiger charge is -2.29. The molecular formula is C15H24N2O2. The summed E-state index contributed by atoms with van der Waals surface area (Å²) in [7, 11) is 5.43. The van der Waals surface area contributed by atoms with E-state index in [4.69, 9.17) is 9.47 Å². The number of nitrogens with one attached hydrogen (secondary N) is 1. The smallest absolute Gasteiger partial charge is 0.123 e. The molecule has 0 spiro atoms. The van der Waals surface area contributed by atoms with E-state index in [-0.39, 0.29) is 0 Å². The summed E-state index contributed by atoms with van der Waals surface area (Å²) in [6, 6.07) is 6.38. The van der Waals surface area contributed by atoms with Crippen LogP contribution in [0, 0.1) is 0 Å². The average molecular weight is 264 g/mol. The summed E-state index contributed by atoms with van der Waals surface area (Å²) < 4.78 is 10.9. The van der Waals surface area contributed by atoms with Gasteiger partial charge in [0.15, 0.2) is 0 Å². The van der Waals surface area contributed by atoms with Crippen LogP contribution in [0.25, 0.3) is 0 Å². The minimum atomic E-state index is 0.345. The first-order chi connectivity index (χ1) is 9.30. The summed E-state index contributed by atoms with van der Waals surface area (Å²) in [5.41, 5.74) is 1.21. The van der Waals surface area contributed by atoms with Crippen LogP contribution in [0.3, 0.4) is 0 Å². The molecule has 19 heavy (non-hydrogen) atoms. The summed E-state index contributed by atoms with van der Waals surface area (Å²) in [5, 5.41) is 3.29. The number of nitrogens with zero attached hydrogens (tertiary/aromatic N) is 1. The first-order valence-electron chi connectivity index (χ1n) is 6.90. The van der Waals surface area contributed by atoms with Crippen LogP contribution in [0.5, 0.6) is 11.5 Å². The van der Waals surface area contributed by atoms with E-state index in [9.17, 15) is 0 Å². The molecule has 2 rings (SSSR count). The molecule has 1 atom stereocenters. The Kier molecular flexibility index (Phi) is 5.05. The highest BCUT2D eigenvalue weighted by Crippen LogP contribution is 2.34. The Balaban J connectivity index is 2.32. The third kappa shape index (κ3) is 3.19. The number of likely N-dealkylation sites (N-methyl/N-ethyl adjacent to an activating group) is 1. The number of hydrogen-bond acceptors (Lipinski definition) is 4. The fourth-order valence-corrected chi connectivity index (χ4v) is 2.78. The van der Waals surface area contributed by atoms with Crippen molar-refractivity contribution in [3.05, 3.63) is 23.8 Å². The molecule has 1 aliphatic heterocycles. The largest absolute Gasteiger partial charge is 0.497 e. The molecule has 1 N–H and O–H groups in total. The van der Waals surface area contributed by atoms with Gasteiger partial charge < -0.3 is 14.8 Å². The predicted molar refractivity (Wildman–Crippen MR) is 77.0 cm³/mol. The predicted octanol–water partition coefficient (Wildman–Crippen LogP) is 2.06. The van der Waals surface area contributed by atoms with Gasteiger partial charge in [0.2, 0.25) is 0 Å². The number of benzene rings is 1. The van der Waals surface area contributed by atoms with Gasteiger partial charge in [-0.25, -0.2) is 0 Å². The number of likely N-dealkylation sites (tertiary alicyclic amines) is 1. The molecule has 0 amide bonds. The standard InChI is InChI=1S/C15H24N2O2/c1-16-11-14(17-8-4-5-9-17)13-10-12(18-2)6-7-15(13)19-3/h6-7,10,14,16H,4-5,8-9,11H2,1-3H3. The summed E-state index contributed by atoms with van der Waals surface area (Å²) >= 11 is 0. The molecule has 1 heterocycles. The van der Waals surface area contributed by atoms with Crippen molar-refractivity contribution < 1.29 is 9.47 Å². The summed E-state index contributed by atoms with van der Waals surface area (Å²) in [4.78, 5) is 2.52. The molecule has 1 saturated heterocycles. The third-order valence-corrected chi connectivity index (χ3v) is 3.77. The zero-order chi connectivity index (χ0) is 13.7. The van der Waals surface area contributed by atoms with Gasteiger partial charge in [0.1, 0.15) is 11.5 Å². The molecule has 0 aliphatic carbocycles. The summed E-state index contributed by atoms with van der Waals surface area (Å²) in [6.45, 7) is 3.24. The fraction of sp³-hybridized carbons (Fsp3) is 0.600. The van der Waals surface area contributed by atoms with Gasteiger partial charge in [-0.1, -0.05) is 0 Å². The molecule has 0 radical (unpaired) electrons. The van der Waals surface area contributed by atoms with Crippen molar-refractivity contribution in [1.29, 1.82) is 0 Å². The Hall–Kier alpha value is -1.26. The molecule has 0 aromatic heterocycles. The molecule has 0 saturated carbocycles. The SMILES string of the molecule is CNCC(c1cc(OC)ccc1OC)N1CCCC1. The highest BCUT2D eigenvalue weighted by Gasteiger charge is 2.25. The lowest BCUT2D eigenvalue weighted by atomic mass is 10.0. The second-order valence-corrected chi connectivity index (χ2v) is 4.92. The number of hydrogen-bond donors (Lipinski definition) is 1. The first kappa shape index (κ1) is 14.2. The molecule has 1 unspecified atom stereocenters. The van der Waals surface area contributed by atoms with Crippen LogP contribution in [0.2, 0.25) is 0 Å². The van der Waals surface area contributed by atoms with E-state index >= 15 is 0 Å². The lowest BCUT2D eigenvalue weighted by molar-refractivity contribution is 0.235. The number of methoxy groups -OCH3 is 2. The van der Waals surface area contributed by atoms with Crippen LogP contribution in [-0.2, 0) is 0 Å². The highest BCUT2D eigenvalue weighted by atomic mass is 16.5. The minimum Gasteiger partial charge on any atom is -0.497 e. The highest BCUT2D eigenvalue weighted by molar-refractivity contribution is 5.42. The number of rotatable bonds is 6. The van der Waals surface area contributed by atoms with Crippen LogP contribution in [0.4, 0.5) is 0 Å². The third-order valence-electron chi connectivity index (χ3n) is 3.77. The Morgan fingerprint density at radius 2 is 1.95 bits per heavy atom. The summed E-state index contributed by atoms with van der Waals surface area (Å²) in [6.07, 6.45) is 2.57. The van der Waals surface area contributed by atoms with E-state index < -0.39 is 0 Å². The Morgan fingerprint density at radius 1 is 1.21 bits per heavy atom. The van der Waals surface area contributed by atoms with Crippen molar-refractivity contribution in [1.82, 2.24) is 10.2 Å². The minimum absolute atomic E-state index is 0.345. The van der Waals surface area contributed by atoms with Gasteiger partial charge >= 0.3 is 0 Å². The normalized spacial score (nSPS) is 17.4. The Morgan fingerprint density at radius 3 is 2.53 bits per heavy atom. The van der Waals surface area contributed by atoms with Gasteiger partial charge in [0.25, 0.3) is 0 Å². The van der Waals surface area contributed by atoms with Crippen LogP contribution in [0.1, 0.15) is 24.4 Å². The first-order valence-corrected chi connectivity index (χ1v) is 6.90. The van der Waals surface area contributed by atoms with Gasteiger partial charge in [-0.05, 0) is 51.2 Å². The lowest BCUT2D eigenvalue weighted by Crippen LogP contribution is -2.33. The molecule has 0 bridgehead atoms.